The Morgan fingerprint density at radius 2 is 2.50 bits per heavy atom. The fourth-order valence-electron chi connectivity index (χ4n) is 0.779. The molecular formula is C7H9Cl. The Balaban J connectivity index is 2.60. The van der Waals surface area contributed by atoms with Gasteiger partial charge in [0, 0.05) is 0 Å². The predicted molar refractivity (Wildman–Crippen MR) is 37.2 cm³/mol. The minimum absolute atomic E-state index is 0.142. The number of halogens is 1. The quantitative estimate of drug-likeness (QED) is 0.347. The molecular weight excluding hydrogens is 120 g/mol. The summed E-state index contributed by atoms with van der Waals surface area (Å²) in [6.45, 7) is 2.10. The largest absolute Gasteiger partial charge is 0.114 e. The van der Waals surface area contributed by atoms with Gasteiger partial charge in [-0.15, -0.1) is 11.6 Å². The first kappa shape index (κ1) is 5.90. The van der Waals surface area contributed by atoms with Crippen molar-refractivity contribution in [3.63, 3.8) is 0 Å². The van der Waals surface area contributed by atoms with Crippen LogP contribution < -0.4 is 0 Å². The first-order valence-corrected chi connectivity index (χ1v) is 3.21. The number of allylic oxidation sites excluding steroid dienone is 4. The van der Waals surface area contributed by atoms with Gasteiger partial charge in [0.2, 0.25) is 0 Å². The standard InChI is InChI=1S/C7H9Cl/c1-6-3-2-4-7(8)5-6/h2,4-5,7H,3H2,1H3. The normalized spacial score (nSPS) is 27.8. The zero-order valence-electron chi connectivity index (χ0n) is 4.89. The van der Waals surface area contributed by atoms with E-state index in [2.05, 4.69) is 19.1 Å². The Labute approximate surface area is 54.8 Å². The lowest BCUT2D eigenvalue weighted by Crippen LogP contribution is -1.93. The smallest absolute Gasteiger partial charge is 0.0699 e. The molecule has 0 saturated heterocycles. The van der Waals surface area contributed by atoms with E-state index in [4.69, 9.17) is 11.6 Å². The highest BCUT2D eigenvalue weighted by Gasteiger charge is 1.99. The zero-order valence-corrected chi connectivity index (χ0v) is 5.65. The maximum atomic E-state index is 5.75. The molecule has 0 heterocycles. The highest BCUT2D eigenvalue weighted by Crippen LogP contribution is 2.13. The number of rotatable bonds is 0. The monoisotopic (exact) mass is 128 g/mol. The highest BCUT2D eigenvalue weighted by molar-refractivity contribution is 6.23. The summed E-state index contributed by atoms with van der Waals surface area (Å²) < 4.78 is 0. The Morgan fingerprint density at radius 1 is 1.75 bits per heavy atom. The summed E-state index contributed by atoms with van der Waals surface area (Å²) in [5, 5.41) is 0.142. The van der Waals surface area contributed by atoms with Crippen molar-refractivity contribution in [2.45, 2.75) is 18.7 Å². The van der Waals surface area contributed by atoms with Crippen molar-refractivity contribution < 1.29 is 0 Å². The second kappa shape index (κ2) is 2.36. The van der Waals surface area contributed by atoms with Crippen molar-refractivity contribution in [1.29, 1.82) is 0 Å². The lowest BCUT2D eigenvalue weighted by molar-refractivity contribution is 1.12. The van der Waals surface area contributed by atoms with Crippen LogP contribution in [0.4, 0.5) is 0 Å². The van der Waals surface area contributed by atoms with E-state index in [0.29, 0.717) is 0 Å². The van der Waals surface area contributed by atoms with E-state index in [0.717, 1.165) is 6.42 Å². The van der Waals surface area contributed by atoms with Crippen molar-refractivity contribution in [3.8, 4) is 0 Å². The van der Waals surface area contributed by atoms with E-state index >= 15 is 0 Å². The Kier molecular flexibility index (Phi) is 1.74. The van der Waals surface area contributed by atoms with E-state index in [1.54, 1.807) is 0 Å². The summed E-state index contributed by atoms with van der Waals surface area (Å²) in [6.07, 6.45) is 7.26. The molecule has 1 aliphatic rings. The molecule has 0 nitrogen and oxygen atoms in total. The van der Waals surface area contributed by atoms with Crippen molar-refractivity contribution in [1.82, 2.24) is 0 Å². The molecule has 1 unspecified atom stereocenters. The van der Waals surface area contributed by atoms with Crippen molar-refractivity contribution in [2.75, 3.05) is 0 Å². The van der Waals surface area contributed by atoms with Gasteiger partial charge in [-0.2, -0.15) is 0 Å². The Bertz CT molecular complexity index is 133. The average Bonchev–Trinajstić information content (AvgIpc) is 1.64. The second-order valence-electron chi connectivity index (χ2n) is 2.09. The first-order chi connectivity index (χ1) is 3.79. The average molecular weight is 129 g/mol. The van der Waals surface area contributed by atoms with Gasteiger partial charge in [-0.25, -0.2) is 0 Å². The third-order valence-electron chi connectivity index (χ3n) is 1.20. The minimum atomic E-state index is 0.142. The van der Waals surface area contributed by atoms with Crippen LogP contribution in [0.3, 0.4) is 0 Å². The van der Waals surface area contributed by atoms with Gasteiger partial charge in [-0.3, -0.25) is 0 Å². The summed E-state index contributed by atoms with van der Waals surface area (Å²) in [5.74, 6) is 0. The third kappa shape index (κ3) is 1.38. The van der Waals surface area contributed by atoms with E-state index in [9.17, 15) is 0 Å². The summed E-state index contributed by atoms with van der Waals surface area (Å²) in [4.78, 5) is 0. The molecule has 0 radical (unpaired) electrons. The molecule has 0 saturated carbocycles. The molecule has 0 aromatic heterocycles. The predicted octanol–water partition coefficient (Wildman–Crippen LogP) is 2.50. The van der Waals surface area contributed by atoms with Gasteiger partial charge in [0.15, 0.2) is 0 Å². The number of alkyl halides is 1. The van der Waals surface area contributed by atoms with Crippen LogP contribution in [0.25, 0.3) is 0 Å². The summed E-state index contributed by atoms with van der Waals surface area (Å²) in [7, 11) is 0. The van der Waals surface area contributed by atoms with Gasteiger partial charge < -0.3 is 0 Å². The minimum Gasteiger partial charge on any atom is -0.114 e. The maximum absolute atomic E-state index is 5.75. The summed E-state index contributed by atoms with van der Waals surface area (Å²) >= 11 is 5.75. The van der Waals surface area contributed by atoms with Crippen LogP contribution in [0.15, 0.2) is 23.8 Å². The van der Waals surface area contributed by atoms with E-state index in [1.807, 2.05) is 6.08 Å². The molecule has 1 aliphatic carbocycles. The second-order valence-corrected chi connectivity index (χ2v) is 2.59. The molecule has 1 atom stereocenters. The van der Waals surface area contributed by atoms with Crippen molar-refractivity contribution in [2.24, 2.45) is 0 Å². The van der Waals surface area contributed by atoms with Crippen molar-refractivity contribution in [3.05, 3.63) is 23.8 Å². The SMILES string of the molecule is CC1=CC(Cl)C=CC1. The number of hydrogen-bond donors (Lipinski definition) is 0. The molecule has 0 amide bonds. The van der Waals surface area contributed by atoms with Gasteiger partial charge in [0.05, 0.1) is 5.38 Å². The maximum Gasteiger partial charge on any atom is 0.0699 e. The van der Waals surface area contributed by atoms with Gasteiger partial charge in [0.1, 0.15) is 0 Å². The molecule has 0 N–H and O–H groups in total. The first-order valence-electron chi connectivity index (χ1n) is 2.77. The summed E-state index contributed by atoms with van der Waals surface area (Å²) in [5.41, 5.74) is 1.37. The van der Waals surface area contributed by atoms with Crippen LogP contribution in [-0.4, -0.2) is 5.38 Å². The zero-order chi connectivity index (χ0) is 5.98. The third-order valence-corrected chi connectivity index (χ3v) is 1.47. The molecule has 0 aromatic carbocycles. The van der Waals surface area contributed by atoms with Crippen LogP contribution in [0.5, 0.6) is 0 Å². The van der Waals surface area contributed by atoms with E-state index in [-0.39, 0.29) is 5.38 Å². The molecule has 0 aliphatic heterocycles. The van der Waals surface area contributed by atoms with E-state index < -0.39 is 0 Å². The lowest BCUT2D eigenvalue weighted by Gasteiger charge is -2.04. The summed E-state index contributed by atoms with van der Waals surface area (Å²) in [6, 6.07) is 0. The van der Waals surface area contributed by atoms with Gasteiger partial charge >= 0.3 is 0 Å². The van der Waals surface area contributed by atoms with Crippen LogP contribution >= 0.6 is 11.6 Å². The fourth-order valence-corrected chi connectivity index (χ4v) is 1.10. The molecule has 8 heavy (non-hydrogen) atoms. The van der Waals surface area contributed by atoms with E-state index in [1.165, 1.54) is 5.57 Å². The van der Waals surface area contributed by atoms with Gasteiger partial charge in [0.25, 0.3) is 0 Å². The highest BCUT2D eigenvalue weighted by atomic mass is 35.5. The molecule has 44 valence electrons. The van der Waals surface area contributed by atoms with Crippen molar-refractivity contribution >= 4 is 11.6 Å². The topological polar surface area (TPSA) is 0 Å². The van der Waals surface area contributed by atoms with Gasteiger partial charge in [-0.1, -0.05) is 23.8 Å². The Morgan fingerprint density at radius 3 is 2.88 bits per heavy atom. The molecule has 0 bridgehead atoms. The molecule has 1 heteroatoms. The lowest BCUT2D eigenvalue weighted by atomic mass is 10.1. The van der Waals surface area contributed by atoms with Crippen LogP contribution in [-0.2, 0) is 0 Å². The molecule has 0 aromatic rings. The van der Waals surface area contributed by atoms with Crippen LogP contribution in [0, 0.1) is 0 Å². The molecule has 0 fully saturated rings. The molecule has 0 spiro atoms. The van der Waals surface area contributed by atoms with Crippen LogP contribution in [0.1, 0.15) is 13.3 Å². The Hall–Kier alpha value is -0.230. The number of hydrogen-bond acceptors (Lipinski definition) is 0. The fraction of sp³-hybridized carbons (Fsp3) is 0.429. The molecule has 1 rings (SSSR count). The van der Waals surface area contributed by atoms with Gasteiger partial charge in [-0.05, 0) is 13.3 Å². The van der Waals surface area contributed by atoms with Crippen LogP contribution in [0.2, 0.25) is 0 Å².